The number of aliphatic imine (C=N–C) groups is 1. The standard InChI is InChI=1S/C21H26N6O2S.HI/c1-22-21(24-14-17-7-5-10-20(13-17)30(28,29)23-2)25-15-18-8-3-4-9-19(18)16-27-12-6-11-26-27;/h3-13,23H,14-16H2,1-2H3,(H2,22,24,25);1H. The molecule has 1 aromatic heterocycles. The van der Waals surface area contributed by atoms with Crippen molar-refractivity contribution < 1.29 is 8.42 Å². The van der Waals surface area contributed by atoms with Gasteiger partial charge in [0.15, 0.2) is 5.96 Å². The van der Waals surface area contributed by atoms with Crippen LogP contribution >= 0.6 is 24.0 Å². The molecule has 0 unspecified atom stereocenters. The molecule has 0 spiro atoms. The van der Waals surface area contributed by atoms with E-state index in [0.717, 1.165) is 11.1 Å². The van der Waals surface area contributed by atoms with E-state index < -0.39 is 10.0 Å². The van der Waals surface area contributed by atoms with Crippen LogP contribution in [0.5, 0.6) is 0 Å². The lowest BCUT2D eigenvalue weighted by atomic mass is 10.1. The third kappa shape index (κ3) is 7.04. The predicted octanol–water partition coefficient (Wildman–Crippen LogP) is 2.32. The Kier molecular flexibility index (Phi) is 9.46. The van der Waals surface area contributed by atoms with Crippen LogP contribution in [0.4, 0.5) is 0 Å². The van der Waals surface area contributed by atoms with Crippen molar-refractivity contribution in [2.24, 2.45) is 4.99 Å². The number of rotatable bonds is 8. The molecular formula is C21H27IN6O2S. The van der Waals surface area contributed by atoms with Crippen LogP contribution in [0.15, 0.2) is 76.9 Å². The molecule has 166 valence electrons. The number of sulfonamides is 1. The number of hydrogen-bond donors (Lipinski definition) is 3. The highest BCUT2D eigenvalue weighted by atomic mass is 127. The van der Waals surface area contributed by atoms with Crippen molar-refractivity contribution in [2.75, 3.05) is 14.1 Å². The lowest BCUT2D eigenvalue weighted by Gasteiger charge is -2.15. The highest BCUT2D eigenvalue weighted by Gasteiger charge is 2.11. The fourth-order valence-corrected chi connectivity index (χ4v) is 3.78. The summed E-state index contributed by atoms with van der Waals surface area (Å²) < 4.78 is 28.2. The van der Waals surface area contributed by atoms with Gasteiger partial charge in [0, 0.05) is 32.5 Å². The van der Waals surface area contributed by atoms with E-state index in [9.17, 15) is 8.42 Å². The molecule has 0 aliphatic rings. The minimum atomic E-state index is -3.47. The zero-order chi connectivity index (χ0) is 21.4. The quantitative estimate of drug-likeness (QED) is 0.226. The molecule has 0 amide bonds. The normalized spacial score (nSPS) is 11.6. The Bertz CT molecular complexity index is 1100. The van der Waals surface area contributed by atoms with Gasteiger partial charge in [0.25, 0.3) is 0 Å². The second-order valence-electron chi connectivity index (χ2n) is 6.61. The molecule has 0 aliphatic carbocycles. The summed E-state index contributed by atoms with van der Waals surface area (Å²) in [4.78, 5) is 4.49. The number of nitrogens with one attached hydrogen (secondary N) is 3. The minimum Gasteiger partial charge on any atom is -0.352 e. The first-order valence-electron chi connectivity index (χ1n) is 9.53. The number of benzene rings is 2. The average molecular weight is 554 g/mol. The molecule has 3 N–H and O–H groups in total. The highest BCUT2D eigenvalue weighted by Crippen LogP contribution is 2.12. The molecule has 3 aromatic rings. The molecule has 0 saturated heterocycles. The van der Waals surface area contributed by atoms with Gasteiger partial charge in [0.2, 0.25) is 10.0 Å². The van der Waals surface area contributed by atoms with Crippen LogP contribution in [0.3, 0.4) is 0 Å². The molecule has 0 fully saturated rings. The Labute approximate surface area is 200 Å². The summed E-state index contributed by atoms with van der Waals surface area (Å²) in [5.41, 5.74) is 3.17. The molecule has 0 bridgehead atoms. The van der Waals surface area contributed by atoms with Gasteiger partial charge in [-0.3, -0.25) is 9.67 Å². The van der Waals surface area contributed by atoms with Gasteiger partial charge in [-0.1, -0.05) is 36.4 Å². The van der Waals surface area contributed by atoms with Crippen LogP contribution in [0.2, 0.25) is 0 Å². The van der Waals surface area contributed by atoms with E-state index in [-0.39, 0.29) is 28.9 Å². The highest BCUT2D eigenvalue weighted by molar-refractivity contribution is 14.0. The van der Waals surface area contributed by atoms with E-state index >= 15 is 0 Å². The summed E-state index contributed by atoms with van der Waals surface area (Å²) >= 11 is 0. The van der Waals surface area contributed by atoms with Crippen molar-refractivity contribution in [2.45, 2.75) is 24.5 Å². The second kappa shape index (κ2) is 11.8. The topological polar surface area (TPSA) is 100 Å². The number of guanidine groups is 1. The number of aromatic nitrogens is 2. The van der Waals surface area contributed by atoms with Crippen molar-refractivity contribution in [1.82, 2.24) is 25.1 Å². The van der Waals surface area contributed by atoms with Crippen molar-refractivity contribution >= 4 is 40.0 Å². The first-order chi connectivity index (χ1) is 14.5. The van der Waals surface area contributed by atoms with Crippen LogP contribution in [0, 0.1) is 0 Å². The predicted molar refractivity (Wildman–Crippen MR) is 133 cm³/mol. The summed E-state index contributed by atoms with van der Waals surface area (Å²) in [6.45, 7) is 1.75. The zero-order valence-electron chi connectivity index (χ0n) is 17.4. The van der Waals surface area contributed by atoms with E-state index in [4.69, 9.17) is 0 Å². The maximum atomic E-state index is 12.0. The zero-order valence-corrected chi connectivity index (χ0v) is 20.6. The molecule has 8 nitrogen and oxygen atoms in total. The Hall–Kier alpha value is -2.44. The summed E-state index contributed by atoms with van der Waals surface area (Å²) in [7, 11) is -0.368. The third-order valence-electron chi connectivity index (χ3n) is 4.62. The van der Waals surface area contributed by atoms with Crippen LogP contribution < -0.4 is 15.4 Å². The fourth-order valence-electron chi connectivity index (χ4n) is 2.98. The van der Waals surface area contributed by atoms with Crippen LogP contribution in [0.25, 0.3) is 0 Å². The maximum absolute atomic E-state index is 12.0. The summed E-state index contributed by atoms with van der Waals surface area (Å²) in [6.07, 6.45) is 3.70. The maximum Gasteiger partial charge on any atom is 0.240 e. The minimum absolute atomic E-state index is 0. The largest absolute Gasteiger partial charge is 0.352 e. The molecule has 31 heavy (non-hydrogen) atoms. The number of hydrogen-bond acceptors (Lipinski definition) is 4. The molecule has 0 radical (unpaired) electrons. The number of halogens is 1. The van der Waals surface area contributed by atoms with E-state index in [2.05, 4.69) is 37.6 Å². The molecule has 0 saturated carbocycles. The van der Waals surface area contributed by atoms with Gasteiger partial charge < -0.3 is 10.6 Å². The lowest BCUT2D eigenvalue weighted by Crippen LogP contribution is -2.36. The number of nitrogens with zero attached hydrogens (tertiary/aromatic N) is 3. The van der Waals surface area contributed by atoms with Crippen molar-refractivity contribution in [3.63, 3.8) is 0 Å². The van der Waals surface area contributed by atoms with Gasteiger partial charge in [0.05, 0.1) is 11.4 Å². The molecule has 0 aliphatic heterocycles. The smallest absolute Gasteiger partial charge is 0.240 e. The van der Waals surface area contributed by atoms with E-state index in [1.54, 1.807) is 31.4 Å². The molecular weight excluding hydrogens is 527 g/mol. The van der Waals surface area contributed by atoms with Crippen molar-refractivity contribution in [3.05, 3.63) is 83.7 Å². The van der Waals surface area contributed by atoms with Gasteiger partial charge in [-0.25, -0.2) is 13.1 Å². The Morgan fingerprint density at radius 2 is 1.77 bits per heavy atom. The molecule has 0 atom stereocenters. The lowest BCUT2D eigenvalue weighted by molar-refractivity contribution is 0.588. The molecule has 2 aromatic carbocycles. The summed E-state index contributed by atoms with van der Waals surface area (Å²) in [6, 6.07) is 16.9. The monoisotopic (exact) mass is 554 g/mol. The first kappa shape index (κ1) is 24.8. The molecule has 3 rings (SSSR count). The Morgan fingerprint density at radius 3 is 2.45 bits per heavy atom. The fraction of sp³-hybridized carbons (Fsp3) is 0.238. The van der Waals surface area contributed by atoms with Crippen LogP contribution in [-0.2, 0) is 29.7 Å². The average Bonchev–Trinajstić information content (AvgIpc) is 3.28. The summed E-state index contributed by atoms with van der Waals surface area (Å²) in [5, 5.41) is 10.8. The molecule has 10 heteroatoms. The SMILES string of the molecule is CN=C(NCc1cccc(S(=O)(=O)NC)c1)NCc1ccccc1Cn1cccn1.I. The van der Waals surface area contributed by atoms with Gasteiger partial charge in [0.1, 0.15) is 0 Å². The Morgan fingerprint density at radius 1 is 1.03 bits per heavy atom. The first-order valence-corrected chi connectivity index (χ1v) is 11.0. The summed E-state index contributed by atoms with van der Waals surface area (Å²) in [5.74, 6) is 0.630. The van der Waals surface area contributed by atoms with E-state index in [1.165, 1.54) is 12.6 Å². The van der Waals surface area contributed by atoms with Crippen molar-refractivity contribution in [3.8, 4) is 0 Å². The van der Waals surface area contributed by atoms with Gasteiger partial charge in [-0.15, -0.1) is 24.0 Å². The van der Waals surface area contributed by atoms with Crippen molar-refractivity contribution in [1.29, 1.82) is 0 Å². The third-order valence-corrected chi connectivity index (χ3v) is 6.03. The Balaban J connectivity index is 0.00000341. The van der Waals surface area contributed by atoms with Crippen LogP contribution in [-0.4, -0.2) is 38.3 Å². The second-order valence-corrected chi connectivity index (χ2v) is 8.49. The van der Waals surface area contributed by atoms with Gasteiger partial charge in [-0.2, -0.15) is 5.10 Å². The van der Waals surface area contributed by atoms with Gasteiger partial charge in [-0.05, 0) is 41.9 Å². The van der Waals surface area contributed by atoms with E-state index in [0.29, 0.717) is 25.6 Å². The van der Waals surface area contributed by atoms with Crippen LogP contribution in [0.1, 0.15) is 16.7 Å². The molecule has 1 heterocycles. The van der Waals surface area contributed by atoms with E-state index in [1.807, 2.05) is 35.1 Å². The van der Waals surface area contributed by atoms with Gasteiger partial charge >= 0.3 is 0 Å².